The first-order chi connectivity index (χ1) is 10.5. The highest BCUT2D eigenvalue weighted by atomic mass is 32.2. The van der Waals surface area contributed by atoms with Crippen LogP contribution in [-0.2, 0) is 10.0 Å². The van der Waals surface area contributed by atoms with Crippen LogP contribution in [0, 0.1) is 0 Å². The molecule has 1 aromatic carbocycles. The van der Waals surface area contributed by atoms with Crippen molar-refractivity contribution in [1.29, 1.82) is 0 Å². The molecule has 1 aromatic rings. The number of carbonyl (C=O) groups is 1. The lowest BCUT2D eigenvalue weighted by atomic mass is 10.00. The third-order valence-electron chi connectivity index (χ3n) is 4.71. The van der Waals surface area contributed by atoms with Crippen molar-refractivity contribution in [1.82, 2.24) is 9.62 Å². The minimum atomic E-state index is -3.58. The molecule has 1 N–H and O–H groups in total. The fourth-order valence-corrected chi connectivity index (χ4v) is 4.88. The van der Waals surface area contributed by atoms with Gasteiger partial charge in [-0.2, -0.15) is 0 Å². The first kappa shape index (κ1) is 15.6. The van der Waals surface area contributed by atoms with E-state index in [0.717, 1.165) is 25.9 Å². The summed E-state index contributed by atoms with van der Waals surface area (Å²) in [7, 11) is -3.58. The molecule has 120 valence electrons. The van der Waals surface area contributed by atoms with E-state index in [9.17, 15) is 13.2 Å². The van der Waals surface area contributed by atoms with Crippen LogP contribution in [0.25, 0.3) is 0 Å². The summed E-state index contributed by atoms with van der Waals surface area (Å²) in [5.41, 5.74) is 0.425. The SMILES string of the molecule is CC(=O)c1cccc(S(=O)(=O)N[C@H]2CCN3CCCC[C@@H]23)c1. The number of carbonyl (C=O) groups excluding carboxylic acids is 1. The number of rotatable bonds is 4. The smallest absolute Gasteiger partial charge is 0.240 e. The molecule has 2 atom stereocenters. The van der Waals surface area contributed by atoms with Gasteiger partial charge in [-0.3, -0.25) is 9.69 Å². The summed E-state index contributed by atoms with van der Waals surface area (Å²) < 4.78 is 28.0. The van der Waals surface area contributed by atoms with E-state index in [1.807, 2.05) is 0 Å². The molecule has 0 radical (unpaired) electrons. The van der Waals surface area contributed by atoms with E-state index < -0.39 is 10.0 Å². The second-order valence-electron chi connectivity index (χ2n) is 6.20. The summed E-state index contributed by atoms with van der Waals surface area (Å²) in [6, 6.07) is 6.55. The second kappa shape index (κ2) is 6.10. The van der Waals surface area contributed by atoms with Crippen molar-refractivity contribution in [2.45, 2.75) is 49.6 Å². The third-order valence-corrected chi connectivity index (χ3v) is 6.20. The molecule has 2 fully saturated rings. The highest BCUT2D eigenvalue weighted by Gasteiger charge is 2.37. The van der Waals surface area contributed by atoms with Crippen LogP contribution >= 0.6 is 0 Å². The molecule has 0 amide bonds. The minimum absolute atomic E-state index is 0.0220. The molecule has 0 aromatic heterocycles. The predicted octanol–water partition coefficient (Wildman–Crippen LogP) is 1.79. The molecule has 3 rings (SSSR count). The Bertz CT molecular complexity index is 672. The summed E-state index contributed by atoms with van der Waals surface area (Å²) in [5.74, 6) is -0.128. The monoisotopic (exact) mass is 322 g/mol. The fourth-order valence-electron chi connectivity index (χ4n) is 3.53. The van der Waals surface area contributed by atoms with Gasteiger partial charge in [0.2, 0.25) is 10.0 Å². The second-order valence-corrected chi connectivity index (χ2v) is 7.91. The lowest BCUT2D eigenvalue weighted by Crippen LogP contribution is -2.46. The average Bonchev–Trinajstić information content (AvgIpc) is 2.90. The average molecular weight is 322 g/mol. The zero-order chi connectivity index (χ0) is 15.7. The third kappa shape index (κ3) is 3.09. The number of piperidine rings is 1. The van der Waals surface area contributed by atoms with Gasteiger partial charge in [0.05, 0.1) is 4.90 Å². The molecule has 2 aliphatic heterocycles. The van der Waals surface area contributed by atoms with E-state index in [1.165, 1.54) is 25.8 Å². The van der Waals surface area contributed by atoms with Gasteiger partial charge in [0.15, 0.2) is 5.78 Å². The van der Waals surface area contributed by atoms with Crippen molar-refractivity contribution in [3.05, 3.63) is 29.8 Å². The zero-order valence-corrected chi connectivity index (χ0v) is 13.6. The van der Waals surface area contributed by atoms with Crippen molar-refractivity contribution in [3.63, 3.8) is 0 Å². The normalized spacial score (nSPS) is 25.9. The number of nitrogens with zero attached hydrogens (tertiary/aromatic N) is 1. The van der Waals surface area contributed by atoms with Crippen molar-refractivity contribution in [2.24, 2.45) is 0 Å². The van der Waals surface area contributed by atoms with Gasteiger partial charge >= 0.3 is 0 Å². The van der Waals surface area contributed by atoms with Crippen LogP contribution in [0.15, 0.2) is 29.2 Å². The number of ketones is 1. The molecule has 0 aliphatic carbocycles. The lowest BCUT2D eigenvalue weighted by molar-refractivity contribution is 0.101. The van der Waals surface area contributed by atoms with Crippen LogP contribution < -0.4 is 4.72 Å². The van der Waals surface area contributed by atoms with Gasteiger partial charge in [0.25, 0.3) is 0 Å². The molecular formula is C16H22N2O3S. The molecule has 0 bridgehead atoms. The topological polar surface area (TPSA) is 66.5 Å². The molecule has 22 heavy (non-hydrogen) atoms. The van der Waals surface area contributed by atoms with Gasteiger partial charge in [-0.1, -0.05) is 18.6 Å². The molecular weight excluding hydrogens is 300 g/mol. The number of fused-ring (bicyclic) bond motifs is 1. The Labute approximate surface area is 131 Å². The Morgan fingerprint density at radius 3 is 2.82 bits per heavy atom. The maximum atomic E-state index is 12.6. The van der Waals surface area contributed by atoms with Crippen LogP contribution in [0.1, 0.15) is 43.0 Å². The Morgan fingerprint density at radius 1 is 1.23 bits per heavy atom. The predicted molar refractivity (Wildman–Crippen MR) is 84.4 cm³/mol. The van der Waals surface area contributed by atoms with E-state index >= 15 is 0 Å². The van der Waals surface area contributed by atoms with E-state index in [2.05, 4.69) is 9.62 Å². The maximum absolute atomic E-state index is 12.6. The van der Waals surface area contributed by atoms with Crippen LogP contribution in [0.5, 0.6) is 0 Å². The van der Waals surface area contributed by atoms with Gasteiger partial charge in [0.1, 0.15) is 0 Å². The van der Waals surface area contributed by atoms with Gasteiger partial charge < -0.3 is 0 Å². The number of nitrogens with one attached hydrogen (secondary N) is 1. The molecule has 2 heterocycles. The number of hydrogen-bond acceptors (Lipinski definition) is 4. The Morgan fingerprint density at radius 2 is 2.05 bits per heavy atom. The van der Waals surface area contributed by atoms with E-state index in [0.29, 0.717) is 11.6 Å². The molecule has 2 saturated heterocycles. The highest BCUT2D eigenvalue weighted by molar-refractivity contribution is 7.89. The van der Waals surface area contributed by atoms with Crippen LogP contribution in [0.2, 0.25) is 0 Å². The molecule has 0 unspecified atom stereocenters. The molecule has 0 spiro atoms. The Hall–Kier alpha value is -1.24. The first-order valence-electron chi connectivity index (χ1n) is 7.85. The summed E-state index contributed by atoms with van der Waals surface area (Å²) in [4.78, 5) is 14.0. The van der Waals surface area contributed by atoms with E-state index in [1.54, 1.807) is 18.2 Å². The van der Waals surface area contributed by atoms with Gasteiger partial charge in [-0.25, -0.2) is 13.1 Å². The summed E-state index contributed by atoms with van der Waals surface area (Å²) in [6.07, 6.45) is 4.28. The number of sulfonamides is 1. The van der Waals surface area contributed by atoms with Crippen LogP contribution in [0.4, 0.5) is 0 Å². The summed E-state index contributed by atoms with van der Waals surface area (Å²) in [5, 5.41) is 0. The maximum Gasteiger partial charge on any atom is 0.240 e. The number of Topliss-reactive ketones (excluding diaryl/α,β-unsaturated/α-hetero) is 1. The number of benzene rings is 1. The van der Waals surface area contributed by atoms with Crippen molar-refractivity contribution in [3.8, 4) is 0 Å². The van der Waals surface area contributed by atoms with E-state index in [4.69, 9.17) is 0 Å². The summed E-state index contributed by atoms with van der Waals surface area (Å²) in [6.45, 7) is 3.48. The zero-order valence-electron chi connectivity index (χ0n) is 12.8. The Kier molecular flexibility index (Phi) is 4.34. The van der Waals surface area contributed by atoms with Crippen molar-refractivity contribution < 1.29 is 13.2 Å². The van der Waals surface area contributed by atoms with Crippen LogP contribution in [0.3, 0.4) is 0 Å². The van der Waals surface area contributed by atoms with E-state index in [-0.39, 0.29) is 16.7 Å². The standard InChI is InChI=1S/C16H22N2O3S/c1-12(19)13-5-4-6-14(11-13)22(20,21)17-15-8-10-18-9-3-2-7-16(15)18/h4-6,11,15-17H,2-3,7-10H2,1H3/t15-,16-/m0/s1. The first-order valence-corrected chi connectivity index (χ1v) is 9.33. The van der Waals surface area contributed by atoms with Crippen molar-refractivity contribution >= 4 is 15.8 Å². The highest BCUT2D eigenvalue weighted by Crippen LogP contribution is 2.28. The van der Waals surface area contributed by atoms with Gasteiger partial charge in [-0.05, 0) is 44.9 Å². The molecule has 0 saturated carbocycles. The molecule has 2 aliphatic rings. The van der Waals surface area contributed by atoms with Gasteiger partial charge in [0, 0.05) is 24.2 Å². The quantitative estimate of drug-likeness (QED) is 0.858. The molecule has 5 nitrogen and oxygen atoms in total. The Balaban J connectivity index is 1.79. The largest absolute Gasteiger partial charge is 0.299 e. The fraction of sp³-hybridized carbons (Fsp3) is 0.562. The number of hydrogen-bond donors (Lipinski definition) is 1. The lowest BCUT2D eigenvalue weighted by Gasteiger charge is -2.32. The van der Waals surface area contributed by atoms with Crippen LogP contribution in [-0.4, -0.2) is 44.3 Å². The minimum Gasteiger partial charge on any atom is -0.299 e. The molecule has 6 heteroatoms. The summed E-state index contributed by atoms with van der Waals surface area (Å²) >= 11 is 0. The van der Waals surface area contributed by atoms with Crippen molar-refractivity contribution in [2.75, 3.05) is 13.1 Å². The van der Waals surface area contributed by atoms with Gasteiger partial charge in [-0.15, -0.1) is 0 Å².